The largest absolute Gasteiger partial charge is 0.469 e. The van der Waals surface area contributed by atoms with E-state index in [-0.39, 0.29) is 55.3 Å². The summed E-state index contributed by atoms with van der Waals surface area (Å²) < 4.78 is 24.9. The van der Waals surface area contributed by atoms with E-state index in [0.717, 1.165) is 38.6 Å². The lowest BCUT2D eigenvalue weighted by atomic mass is 9.87. The van der Waals surface area contributed by atoms with Gasteiger partial charge in [-0.05, 0) is 38.6 Å². The van der Waals surface area contributed by atoms with Gasteiger partial charge in [-0.15, -0.1) is 0 Å². The Bertz CT molecular complexity index is 649. The number of alkyl halides is 1. The van der Waals surface area contributed by atoms with E-state index in [1.165, 1.54) is 7.11 Å². The van der Waals surface area contributed by atoms with Gasteiger partial charge in [-0.25, -0.2) is 14.8 Å². The number of piperidine rings is 1. The average molecular weight is 443 g/mol. The molecule has 0 aromatic heterocycles. The molecule has 0 bridgehead atoms. The number of carbonyl (C=O) groups excluding carboxylic acids is 2. The Labute approximate surface area is 182 Å². The van der Waals surface area contributed by atoms with Crippen molar-refractivity contribution >= 4 is 11.9 Å². The molecule has 4 rings (SSSR count). The maximum absolute atomic E-state index is 13.7. The van der Waals surface area contributed by atoms with E-state index < -0.39 is 18.3 Å². The number of hydrogen-bond acceptors (Lipinski definition) is 9. The molecule has 4 aliphatic rings. The molecule has 6 N–H and O–H groups in total. The minimum atomic E-state index is -0.993. The van der Waals surface area contributed by atoms with Crippen molar-refractivity contribution in [3.8, 4) is 0 Å². The first-order valence-electron chi connectivity index (χ1n) is 11.4. The Hall–Kier alpha value is -1.37. The maximum atomic E-state index is 13.7. The van der Waals surface area contributed by atoms with E-state index in [9.17, 15) is 14.0 Å². The van der Waals surface area contributed by atoms with Gasteiger partial charge in [0, 0.05) is 19.6 Å². The molecule has 6 atom stereocenters. The lowest BCUT2D eigenvalue weighted by molar-refractivity contribution is -0.148. The van der Waals surface area contributed by atoms with E-state index in [2.05, 4.69) is 21.4 Å². The second-order valence-electron chi connectivity index (χ2n) is 9.06. The fourth-order valence-corrected chi connectivity index (χ4v) is 5.25. The average Bonchev–Trinajstić information content (AvgIpc) is 3.09. The number of nitrogens with two attached hydrogens (primary N) is 1. The lowest BCUT2D eigenvalue weighted by Gasteiger charge is -2.38. The summed E-state index contributed by atoms with van der Waals surface area (Å²) in [7, 11) is 1.43. The summed E-state index contributed by atoms with van der Waals surface area (Å²) in [4.78, 5) is 24.9. The minimum Gasteiger partial charge on any atom is -0.469 e. The molecule has 1 aliphatic carbocycles. The molecule has 10 nitrogen and oxygen atoms in total. The standard InChI is InChI=1S/C20H35FN6O4/c1-30-20(29)11-2-4-13(5-3-11)31-15-6-7-23-9-14(15)25-19(28)16-17(22)26-27-10-12(21)8-24-18(16)27/h11-18,23-24,26H,2-10,22H2,1H3,(H,25,28). The highest BCUT2D eigenvalue weighted by atomic mass is 19.1. The molecule has 0 radical (unpaired) electrons. The zero-order valence-electron chi connectivity index (χ0n) is 18.0. The molecule has 0 aromatic rings. The van der Waals surface area contributed by atoms with Gasteiger partial charge in [0.25, 0.3) is 0 Å². The summed E-state index contributed by atoms with van der Waals surface area (Å²) in [5, 5.41) is 11.2. The van der Waals surface area contributed by atoms with Gasteiger partial charge in [-0.1, -0.05) is 0 Å². The van der Waals surface area contributed by atoms with Gasteiger partial charge in [0.1, 0.15) is 6.17 Å². The third-order valence-corrected chi connectivity index (χ3v) is 6.95. The topological polar surface area (TPSA) is 130 Å². The van der Waals surface area contributed by atoms with Crippen LogP contribution in [0.3, 0.4) is 0 Å². The summed E-state index contributed by atoms with van der Waals surface area (Å²) in [5.74, 6) is -0.865. The molecule has 11 heteroatoms. The third kappa shape index (κ3) is 5.18. The summed E-state index contributed by atoms with van der Waals surface area (Å²) in [6.07, 6.45) is 2.04. The molecule has 1 saturated carbocycles. The van der Waals surface area contributed by atoms with Gasteiger partial charge < -0.3 is 25.8 Å². The minimum absolute atomic E-state index is 0.0421. The Morgan fingerprint density at radius 1 is 1.16 bits per heavy atom. The molecule has 31 heavy (non-hydrogen) atoms. The van der Waals surface area contributed by atoms with Crippen LogP contribution in [-0.2, 0) is 19.1 Å². The van der Waals surface area contributed by atoms with Crippen LogP contribution in [0, 0.1) is 11.8 Å². The number of nitrogens with zero attached hydrogens (tertiary/aromatic N) is 1. The number of ether oxygens (including phenoxy) is 2. The van der Waals surface area contributed by atoms with Crippen LogP contribution in [0.15, 0.2) is 0 Å². The van der Waals surface area contributed by atoms with Crippen molar-refractivity contribution < 1.29 is 23.5 Å². The Balaban J connectivity index is 1.32. The van der Waals surface area contributed by atoms with Crippen molar-refractivity contribution in [2.24, 2.45) is 17.6 Å². The SMILES string of the molecule is COC(=O)C1CCC(OC2CCNCC2NC(=O)C2C(N)NN3CC(F)CNC23)CC1. The van der Waals surface area contributed by atoms with Crippen LogP contribution in [0.5, 0.6) is 0 Å². The number of amides is 1. The summed E-state index contributed by atoms with van der Waals surface area (Å²) in [5.41, 5.74) is 9.17. The smallest absolute Gasteiger partial charge is 0.308 e. The van der Waals surface area contributed by atoms with E-state index in [4.69, 9.17) is 15.2 Å². The van der Waals surface area contributed by atoms with Crippen molar-refractivity contribution in [1.82, 2.24) is 26.4 Å². The summed E-state index contributed by atoms with van der Waals surface area (Å²) in [6, 6.07) is -0.168. The third-order valence-electron chi connectivity index (χ3n) is 6.95. The number of fused-ring (bicyclic) bond motifs is 1. The predicted molar refractivity (Wildman–Crippen MR) is 110 cm³/mol. The normalized spacial score (nSPS) is 41.4. The van der Waals surface area contributed by atoms with Gasteiger partial charge in [-0.2, -0.15) is 0 Å². The monoisotopic (exact) mass is 442 g/mol. The van der Waals surface area contributed by atoms with Crippen molar-refractivity contribution in [1.29, 1.82) is 0 Å². The molecule has 6 unspecified atom stereocenters. The van der Waals surface area contributed by atoms with E-state index in [1.54, 1.807) is 5.01 Å². The van der Waals surface area contributed by atoms with Crippen LogP contribution in [-0.4, -0.2) is 86.9 Å². The molecule has 3 aliphatic heterocycles. The lowest BCUT2D eigenvalue weighted by Crippen LogP contribution is -2.61. The van der Waals surface area contributed by atoms with Crippen LogP contribution in [0.2, 0.25) is 0 Å². The molecule has 3 saturated heterocycles. The molecule has 0 spiro atoms. The molecule has 0 aromatic carbocycles. The van der Waals surface area contributed by atoms with E-state index >= 15 is 0 Å². The summed E-state index contributed by atoms with van der Waals surface area (Å²) in [6.45, 7) is 1.87. The zero-order chi connectivity index (χ0) is 22.0. The Morgan fingerprint density at radius 3 is 2.68 bits per heavy atom. The van der Waals surface area contributed by atoms with Crippen molar-refractivity contribution in [2.75, 3.05) is 33.3 Å². The first-order chi connectivity index (χ1) is 15.0. The van der Waals surface area contributed by atoms with Crippen molar-refractivity contribution in [3.63, 3.8) is 0 Å². The molecule has 1 amide bonds. The van der Waals surface area contributed by atoms with Crippen LogP contribution in [0.25, 0.3) is 0 Å². The number of methoxy groups -OCH3 is 1. The molecule has 3 heterocycles. The predicted octanol–water partition coefficient (Wildman–Crippen LogP) is -1.43. The Morgan fingerprint density at radius 2 is 1.94 bits per heavy atom. The molecule has 4 fully saturated rings. The number of halogens is 1. The molecule has 176 valence electrons. The van der Waals surface area contributed by atoms with Gasteiger partial charge in [-0.3, -0.25) is 14.9 Å². The molecular formula is C20H35FN6O4. The first kappa shape index (κ1) is 22.8. The Kier molecular flexibility index (Phi) is 7.40. The quantitative estimate of drug-likeness (QED) is 0.325. The maximum Gasteiger partial charge on any atom is 0.308 e. The van der Waals surface area contributed by atoms with Gasteiger partial charge in [0.15, 0.2) is 0 Å². The number of esters is 1. The van der Waals surface area contributed by atoms with E-state index in [1.807, 2.05) is 0 Å². The van der Waals surface area contributed by atoms with Gasteiger partial charge in [0.2, 0.25) is 5.91 Å². The highest BCUT2D eigenvalue weighted by molar-refractivity contribution is 5.81. The highest BCUT2D eigenvalue weighted by Gasteiger charge is 2.47. The van der Waals surface area contributed by atoms with Crippen molar-refractivity contribution in [3.05, 3.63) is 0 Å². The second kappa shape index (κ2) is 10.1. The number of nitrogens with one attached hydrogen (secondary N) is 4. The number of carbonyl (C=O) groups is 2. The van der Waals surface area contributed by atoms with Crippen molar-refractivity contribution in [2.45, 2.75) is 68.9 Å². The van der Waals surface area contributed by atoms with Crippen LogP contribution in [0.1, 0.15) is 32.1 Å². The highest BCUT2D eigenvalue weighted by Crippen LogP contribution is 2.29. The van der Waals surface area contributed by atoms with Crippen LogP contribution in [0.4, 0.5) is 4.39 Å². The fourth-order valence-electron chi connectivity index (χ4n) is 5.25. The summed E-state index contributed by atoms with van der Waals surface area (Å²) >= 11 is 0. The number of hydrogen-bond donors (Lipinski definition) is 5. The van der Waals surface area contributed by atoms with Gasteiger partial charge >= 0.3 is 5.97 Å². The fraction of sp³-hybridized carbons (Fsp3) is 0.900. The molecular weight excluding hydrogens is 407 g/mol. The van der Waals surface area contributed by atoms with Crippen LogP contribution >= 0.6 is 0 Å². The first-order valence-corrected chi connectivity index (χ1v) is 11.4. The second-order valence-corrected chi connectivity index (χ2v) is 9.06. The van der Waals surface area contributed by atoms with E-state index in [0.29, 0.717) is 6.54 Å². The van der Waals surface area contributed by atoms with Gasteiger partial charge in [0.05, 0.1) is 49.5 Å². The zero-order valence-corrected chi connectivity index (χ0v) is 18.0. The number of hydrazine groups is 1. The van der Waals surface area contributed by atoms with Crippen LogP contribution < -0.4 is 27.1 Å². The number of rotatable bonds is 5.